The number of carbonyl (C=O) groups is 2. The molecule has 1 aliphatic heterocycles. The third kappa shape index (κ3) is 3.42. The minimum absolute atomic E-state index is 0.180. The Bertz CT molecular complexity index is 1090. The Morgan fingerprint density at radius 1 is 1.24 bits per heavy atom. The summed E-state index contributed by atoms with van der Waals surface area (Å²) in [6.07, 6.45) is 2.70. The molecule has 1 unspecified atom stereocenters. The second-order valence-electron chi connectivity index (χ2n) is 6.69. The summed E-state index contributed by atoms with van der Waals surface area (Å²) in [6, 6.07) is 13.2. The van der Waals surface area contributed by atoms with E-state index in [4.69, 9.17) is 0 Å². The fourth-order valence-electron chi connectivity index (χ4n) is 3.60. The molecule has 1 aliphatic rings. The molecule has 2 heterocycles. The number of hydrogen-bond acceptors (Lipinski definition) is 4. The van der Waals surface area contributed by atoms with E-state index in [0.717, 1.165) is 18.3 Å². The summed E-state index contributed by atoms with van der Waals surface area (Å²) in [4.78, 5) is 23.7. The summed E-state index contributed by atoms with van der Waals surface area (Å²) in [5.41, 5.74) is 3.12. The van der Waals surface area contributed by atoms with Crippen molar-refractivity contribution < 1.29 is 14.0 Å². The summed E-state index contributed by atoms with van der Waals surface area (Å²) >= 11 is 0. The zero-order chi connectivity index (χ0) is 20.4. The monoisotopic (exact) mass is 390 g/mol. The van der Waals surface area contributed by atoms with Crippen molar-refractivity contribution in [3.63, 3.8) is 0 Å². The normalized spacial score (nSPS) is 15.1. The van der Waals surface area contributed by atoms with Gasteiger partial charge in [0.15, 0.2) is 6.29 Å². The van der Waals surface area contributed by atoms with Crippen molar-refractivity contribution in [2.45, 2.75) is 12.5 Å². The highest BCUT2D eigenvalue weighted by Crippen LogP contribution is 2.38. The summed E-state index contributed by atoms with van der Waals surface area (Å²) in [5, 5.41) is 10.8. The zero-order valence-corrected chi connectivity index (χ0v) is 15.6. The third-order valence-electron chi connectivity index (χ3n) is 4.95. The molecule has 4 rings (SSSR count). The van der Waals surface area contributed by atoms with E-state index in [-0.39, 0.29) is 17.8 Å². The average Bonchev–Trinajstić information content (AvgIpc) is 3.13. The molecule has 0 bridgehead atoms. The lowest BCUT2D eigenvalue weighted by Gasteiger charge is -2.27. The molecule has 0 aliphatic carbocycles. The number of amides is 1. The van der Waals surface area contributed by atoms with Gasteiger partial charge in [0.25, 0.3) is 0 Å². The van der Waals surface area contributed by atoms with Crippen LogP contribution in [-0.4, -0.2) is 28.5 Å². The lowest BCUT2D eigenvalue weighted by Crippen LogP contribution is -2.26. The Kier molecular flexibility index (Phi) is 4.95. The number of anilines is 2. The van der Waals surface area contributed by atoms with Crippen LogP contribution < -0.4 is 10.6 Å². The Hall–Kier alpha value is -3.74. The van der Waals surface area contributed by atoms with Gasteiger partial charge in [0.05, 0.1) is 11.6 Å². The largest absolute Gasteiger partial charge is 0.370 e. The summed E-state index contributed by atoms with van der Waals surface area (Å²) in [7, 11) is 0. The Morgan fingerprint density at radius 3 is 2.72 bits per heavy atom. The highest BCUT2D eigenvalue weighted by atomic mass is 19.1. The second kappa shape index (κ2) is 7.71. The first-order chi connectivity index (χ1) is 14.1. The number of carbonyl (C=O) groups excluding carboxylic acids is 2. The quantitative estimate of drug-likeness (QED) is 0.509. The van der Waals surface area contributed by atoms with Crippen molar-refractivity contribution in [3.05, 3.63) is 78.1 Å². The van der Waals surface area contributed by atoms with Gasteiger partial charge in [-0.25, -0.2) is 9.07 Å². The van der Waals surface area contributed by atoms with Gasteiger partial charge >= 0.3 is 0 Å². The highest BCUT2D eigenvalue weighted by molar-refractivity contribution is 5.99. The maximum absolute atomic E-state index is 13.3. The molecule has 6 nitrogen and oxygen atoms in total. The van der Waals surface area contributed by atoms with Gasteiger partial charge in [-0.05, 0) is 42.8 Å². The summed E-state index contributed by atoms with van der Waals surface area (Å²) < 4.78 is 15.1. The van der Waals surface area contributed by atoms with Crippen molar-refractivity contribution in [1.29, 1.82) is 0 Å². The first kappa shape index (κ1) is 18.6. The fourth-order valence-corrected chi connectivity index (χ4v) is 3.60. The zero-order valence-electron chi connectivity index (χ0n) is 15.6. The van der Waals surface area contributed by atoms with Crippen LogP contribution in [0.25, 0.3) is 11.3 Å². The van der Waals surface area contributed by atoms with Gasteiger partial charge in [-0.3, -0.25) is 9.59 Å². The van der Waals surface area contributed by atoms with E-state index in [1.807, 2.05) is 24.3 Å². The van der Waals surface area contributed by atoms with Crippen molar-refractivity contribution in [3.8, 4) is 11.3 Å². The van der Waals surface area contributed by atoms with E-state index in [9.17, 15) is 14.0 Å². The van der Waals surface area contributed by atoms with E-state index >= 15 is 0 Å². The topological polar surface area (TPSA) is 76.0 Å². The van der Waals surface area contributed by atoms with Gasteiger partial charge < -0.3 is 10.6 Å². The smallest absolute Gasteiger partial charge is 0.247 e. The lowest BCUT2D eigenvalue weighted by molar-refractivity contribution is -0.111. The van der Waals surface area contributed by atoms with Crippen LogP contribution in [0.5, 0.6) is 0 Å². The van der Waals surface area contributed by atoms with Crippen LogP contribution in [0.2, 0.25) is 0 Å². The molecular formula is C22H19FN4O2. The van der Waals surface area contributed by atoms with Gasteiger partial charge in [-0.15, -0.1) is 0 Å². The maximum Gasteiger partial charge on any atom is 0.247 e. The van der Waals surface area contributed by atoms with Gasteiger partial charge in [0.1, 0.15) is 17.3 Å². The van der Waals surface area contributed by atoms with Crippen LogP contribution in [0, 0.1) is 5.82 Å². The van der Waals surface area contributed by atoms with Gasteiger partial charge in [-0.2, -0.15) is 5.10 Å². The number of nitrogens with one attached hydrogen (secondary N) is 2. The van der Waals surface area contributed by atoms with Crippen LogP contribution in [0.3, 0.4) is 0 Å². The molecule has 0 radical (unpaired) electrons. The minimum Gasteiger partial charge on any atom is -0.370 e. The first-order valence-electron chi connectivity index (χ1n) is 9.22. The molecule has 1 amide bonds. The molecule has 7 heteroatoms. The van der Waals surface area contributed by atoms with Crippen LogP contribution in [0.1, 0.15) is 28.4 Å². The van der Waals surface area contributed by atoms with Crippen molar-refractivity contribution in [1.82, 2.24) is 9.78 Å². The molecule has 2 N–H and O–H groups in total. The van der Waals surface area contributed by atoms with Crippen molar-refractivity contribution in [2.24, 2.45) is 0 Å². The minimum atomic E-state index is -0.353. The van der Waals surface area contributed by atoms with E-state index < -0.39 is 0 Å². The van der Waals surface area contributed by atoms with Gasteiger partial charge in [0.2, 0.25) is 5.91 Å². The average molecular weight is 390 g/mol. The number of aldehydes is 1. The molecule has 146 valence electrons. The van der Waals surface area contributed by atoms with Crippen LogP contribution >= 0.6 is 0 Å². The Labute approximate surface area is 167 Å². The number of aromatic nitrogens is 2. The number of halogens is 1. The Balaban J connectivity index is 1.82. The lowest BCUT2D eigenvalue weighted by atomic mass is 10.00. The maximum atomic E-state index is 13.3. The van der Waals surface area contributed by atoms with E-state index in [1.54, 1.807) is 16.8 Å². The van der Waals surface area contributed by atoms with Crippen molar-refractivity contribution in [2.75, 3.05) is 17.2 Å². The predicted molar refractivity (Wildman–Crippen MR) is 110 cm³/mol. The van der Waals surface area contributed by atoms with Gasteiger partial charge in [-0.1, -0.05) is 24.8 Å². The molecule has 1 aromatic heterocycles. The highest BCUT2D eigenvalue weighted by Gasteiger charge is 2.29. The van der Waals surface area contributed by atoms with E-state index in [1.165, 1.54) is 18.2 Å². The predicted octanol–water partition coefficient (Wildman–Crippen LogP) is 4.03. The van der Waals surface area contributed by atoms with Crippen molar-refractivity contribution >= 4 is 23.7 Å². The fraction of sp³-hybridized carbons (Fsp3) is 0.136. The second-order valence-corrected chi connectivity index (χ2v) is 6.69. The van der Waals surface area contributed by atoms with Crippen LogP contribution in [0.4, 0.5) is 15.9 Å². The van der Waals surface area contributed by atoms with E-state index in [2.05, 4.69) is 22.3 Å². The molecule has 0 saturated heterocycles. The standard InChI is InChI=1S/C22H19FN4O2/c1-2-20(29)25-18-6-4-3-5-16(18)19-11-12-24-22-17(13-28)21(26-27(19)22)14-7-9-15(23)10-8-14/h2-10,13,19,24H,1,11-12H2,(H,25,29). The molecule has 0 fully saturated rings. The molecular weight excluding hydrogens is 371 g/mol. The number of rotatable bonds is 5. The Morgan fingerprint density at radius 2 is 2.00 bits per heavy atom. The molecule has 3 aromatic rings. The first-order valence-corrected chi connectivity index (χ1v) is 9.22. The van der Waals surface area contributed by atoms with Crippen LogP contribution in [-0.2, 0) is 4.79 Å². The molecule has 0 spiro atoms. The number of para-hydroxylation sites is 1. The van der Waals surface area contributed by atoms with E-state index in [0.29, 0.717) is 34.9 Å². The summed E-state index contributed by atoms with van der Waals surface area (Å²) in [5.74, 6) is -0.0404. The third-order valence-corrected chi connectivity index (χ3v) is 4.95. The SMILES string of the molecule is C=CC(=O)Nc1ccccc1C1CCNc2c(C=O)c(-c3ccc(F)cc3)nn21. The number of fused-ring (bicyclic) bond motifs is 1. The number of hydrogen-bond donors (Lipinski definition) is 2. The number of nitrogens with zero attached hydrogens (tertiary/aromatic N) is 2. The summed E-state index contributed by atoms with van der Waals surface area (Å²) in [6.45, 7) is 4.14. The molecule has 29 heavy (non-hydrogen) atoms. The number of benzene rings is 2. The molecule has 1 atom stereocenters. The molecule has 0 saturated carbocycles. The van der Waals surface area contributed by atoms with Gasteiger partial charge in [0, 0.05) is 23.4 Å². The van der Waals surface area contributed by atoms with Crippen LogP contribution in [0.15, 0.2) is 61.2 Å². The molecule has 2 aromatic carbocycles.